The Labute approximate surface area is 85.2 Å². The second-order valence-corrected chi connectivity index (χ2v) is 3.59. The summed E-state index contributed by atoms with van der Waals surface area (Å²) >= 11 is 0. The number of rotatable bonds is 4. The fraction of sp³-hybridized carbons (Fsp3) is 0.600. The van der Waals surface area contributed by atoms with Crippen LogP contribution in [0.1, 0.15) is 24.9 Å². The second kappa shape index (κ2) is 4.91. The minimum Gasteiger partial charge on any atom is -0.384 e. The molecule has 0 saturated carbocycles. The molecule has 0 radical (unpaired) electrons. The van der Waals surface area contributed by atoms with Crippen molar-refractivity contribution in [3.05, 3.63) is 17.6 Å². The van der Waals surface area contributed by atoms with Crippen LogP contribution in [-0.4, -0.2) is 28.5 Å². The lowest BCUT2D eigenvalue weighted by Gasteiger charge is -2.14. The number of nitrogens with two attached hydrogens (primary N) is 1. The fourth-order valence-electron chi connectivity index (χ4n) is 1.43. The predicted octanol–water partition coefficient (Wildman–Crippen LogP) is 1.21. The number of nitrogens with zero attached hydrogens (tertiary/aromatic N) is 3. The molecule has 0 amide bonds. The molecule has 0 aromatic carbocycles. The van der Waals surface area contributed by atoms with E-state index in [0.29, 0.717) is 5.82 Å². The molecule has 1 aromatic heterocycles. The van der Waals surface area contributed by atoms with Crippen LogP contribution < -0.4 is 5.73 Å². The number of aryl methyl sites for hydroxylation is 1. The lowest BCUT2D eigenvalue weighted by atomic mass is 10.4. The van der Waals surface area contributed by atoms with Crippen molar-refractivity contribution >= 4 is 5.82 Å². The van der Waals surface area contributed by atoms with E-state index in [2.05, 4.69) is 28.8 Å². The molecule has 1 heterocycles. The van der Waals surface area contributed by atoms with Gasteiger partial charge in [0.1, 0.15) is 11.6 Å². The summed E-state index contributed by atoms with van der Waals surface area (Å²) in [5, 5.41) is 0. The van der Waals surface area contributed by atoms with Gasteiger partial charge in [0.2, 0.25) is 0 Å². The summed E-state index contributed by atoms with van der Waals surface area (Å²) in [6.45, 7) is 5.90. The first kappa shape index (κ1) is 10.9. The van der Waals surface area contributed by atoms with Crippen molar-refractivity contribution in [1.82, 2.24) is 14.9 Å². The van der Waals surface area contributed by atoms with Crippen LogP contribution in [0.25, 0.3) is 0 Å². The van der Waals surface area contributed by atoms with E-state index in [1.807, 2.05) is 6.92 Å². The fourth-order valence-corrected chi connectivity index (χ4v) is 1.43. The van der Waals surface area contributed by atoms with Gasteiger partial charge >= 0.3 is 0 Å². The molecule has 78 valence electrons. The number of anilines is 1. The predicted molar refractivity (Wildman–Crippen MR) is 57.8 cm³/mol. The van der Waals surface area contributed by atoms with E-state index in [1.54, 1.807) is 6.07 Å². The molecule has 0 aliphatic carbocycles. The molecule has 0 atom stereocenters. The highest BCUT2D eigenvalue weighted by atomic mass is 15.1. The average molecular weight is 194 g/mol. The van der Waals surface area contributed by atoms with E-state index >= 15 is 0 Å². The van der Waals surface area contributed by atoms with Gasteiger partial charge in [0.25, 0.3) is 0 Å². The third kappa shape index (κ3) is 3.30. The largest absolute Gasteiger partial charge is 0.384 e. The van der Waals surface area contributed by atoms with Crippen LogP contribution >= 0.6 is 0 Å². The van der Waals surface area contributed by atoms with E-state index in [0.717, 1.165) is 31.0 Å². The van der Waals surface area contributed by atoms with Gasteiger partial charge < -0.3 is 5.73 Å². The Morgan fingerprint density at radius 1 is 1.43 bits per heavy atom. The molecule has 1 rings (SSSR count). The Bertz CT molecular complexity index is 278. The molecule has 0 bridgehead atoms. The van der Waals surface area contributed by atoms with E-state index in [-0.39, 0.29) is 0 Å². The standard InChI is InChI=1S/C10H18N4/c1-4-5-14(3)7-10-12-8(2)6-9(11)13-10/h6H,4-5,7H2,1-3H3,(H2,11,12,13). The van der Waals surface area contributed by atoms with Crippen molar-refractivity contribution in [2.24, 2.45) is 0 Å². The van der Waals surface area contributed by atoms with Crippen molar-refractivity contribution in [2.75, 3.05) is 19.3 Å². The molecule has 0 spiro atoms. The summed E-state index contributed by atoms with van der Waals surface area (Å²) in [5.41, 5.74) is 6.57. The highest BCUT2D eigenvalue weighted by molar-refractivity contribution is 5.29. The zero-order valence-corrected chi connectivity index (χ0v) is 9.12. The van der Waals surface area contributed by atoms with E-state index in [1.165, 1.54) is 0 Å². The van der Waals surface area contributed by atoms with Crippen LogP contribution in [0.4, 0.5) is 5.82 Å². The highest BCUT2D eigenvalue weighted by Gasteiger charge is 2.03. The maximum atomic E-state index is 5.64. The summed E-state index contributed by atoms with van der Waals surface area (Å²) in [7, 11) is 2.06. The summed E-state index contributed by atoms with van der Waals surface area (Å²) < 4.78 is 0. The zero-order valence-electron chi connectivity index (χ0n) is 9.12. The molecular formula is C10H18N4. The number of hydrogen-bond acceptors (Lipinski definition) is 4. The van der Waals surface area contributed by atoms with Gasteiger partial charge in [0.05, 0.1) is 6.54 Å². The van der Waals surface area contributed by atoms with Gasteiger partial charge in [0, 0.05) is 11.8 Å². The molecule has 0 aliphatic heterocycles. The Morgan fingerprint density at radius 3 is 2.71 bits per heavy atom. The number of aromatic nitrogens is 2. The van der Waals surface area contributed by atoms with Gasteiger partial charge in [-0.2, -0.15) is 0 Å². The van der Waals surface area contributed by atoms with Gasteiger partial charge in [-0.25, -0.2) is 9.97 Å². The number of nitrogen functional groups attached to an aromatic ring is 1. The van der Waals surface area contributed by atoms with Crippen molar-refractivity contribution in [3.8, 4) is 0 Å². The minimum atomic E-state index is 0.553. The van der Waals surface area contributed by atoms with Crippen LogP contribution in [0.3, 0.4) is 0 Å². The van der Waals surface area contributed by atoms with Gasteiger partial charge in [-0.1, -0.05) is 6.92 Å². The number of hydrogen-bond donors (Lipinski definition) is 1. The molecule has 14 heavy (non-hydrogen) atoms. The van der Waals surface area contributed by atoms with Crippen LogP contribution in [-0.2, 0) is 6.54 Å². The quantitative estimate of drug-likeness (QED) is 0.782. The maximum absolute atomic E-state index is 5.64. The molecule has 0 aliphatic rings. The van der Waals surface area contributed by atoms with Gasteiger partial charge in [-0.3, -0.25) is 4.90 Å². The first-order valence-electron chi connectivity index (χ1n) is 4.90. The SMILES string of the molecule is CCCN(C)Cc1nc(C)cc(N)n1. The van der Waals surface area contributed by atoms with Gasteiger partial charge in [0.15, 0.2) is 0 Å². The highest BCUT2D eigenvalue weighted by Crippen LogP contribution is 2.03. The molecule has 2 N–H and O–H groups in total. The van der Waals surface area contributed by atoms with Crippen LogP contribution in [0.2, 0.25) is 0 Å². The molecule has 0 unspecified atom stereocenters. The summed E-state index contributed by atoms with van der Waals surface area (Å²) in [5.74, 6) is 1.36. The second-order valence-electron chi connectivity index (χ2n) is 3.59. The Hall–Kier alpha value is -1.16. The smallest absolute Gasteiger partial charge is 0.144 e. The summed E-state index contributed by atoms with van der Waals surface area (Å²) in [6.07, 6.45) is 1.14. The lowest BCUT2D eigenvalue weighted by Crippen LogP contribution is -2.20. The van der Waals surface area contributed by atoms with Gasteiger partial charge in [-0.05, 0) is 26.9 Å². The lowest BCUT2D eigenvalue weighted by molar-refractivity contribution is 0.319. The maximum Gasteiger partial charge on any atom is 0.144 e. The Balaban J connectivity index is 2.66. The summed E-state index contributed by atoms with van der Waals surface area (Å²) in [6, 6.07) is 1.78. The van der Waals surface area contributed by atoms with E-state index in [4.69, 9.17) is 5.73 Å². The van der Waals surface area contributed by atoms with E-state index in [9.17, 15) is 0 Å². The summed E-state index contributed by atoms with van der Waals surface area (Å²) in [4.78, 5) is 10.7. The van der Waals surface area contributed by atoms with Crippen LogP contribution in [0.5, 0.6) is 0 Å². The molecule has 0 saturated heterocycles. The topological polar surface area (TPSA) is 55.0 Å². The Morgan fingerprint density at radius 2 is 2.14 bits per heavy atom. The molecular weight excluding hydrogens is 176 g/mol. The monoisotopic (exact) mass is 194 g/mol. The minimum absolute atomic E-state index is 0.553. The first-order chi connectivity index (χ1) is 6.61. The van der Waals surface area contributed by atoms with Gasteiger partial charge in [-0.15, -0.1) is 0 Å². The van der Waals surface area contributed by atoms with Crippen LogP contribution in [0.15, 0.2) is 6.07 Å². The van der Waals surface area contributed by atoms with Crippen LogP contribution in [0, 0.1) is 6.92 Å². The van der Waals surface area contributed by atoms with Crippen molar-refractivity contribution in [1.29, 1.82) is 0 Å². The molecule has 4 heteroatoms. The van der Waals surface area contributed by atoms with E-state index < -0.39 is 0 Å². The van der Waals surface area contributed by atoms with Crippen molar-refractivity contribution in [3.63, 3.8) is 0 Å². The third-order valence-corrected chi connectivity index (χ3v) is 1.94. The van der Waals surface area contributed by atoms with Crippen molar-refractivity contribution in [2.45, 2.75) is 26.8 Å². The molecule has 1 aromatic rings. The third-order valence-electron chi connectivity index (χ3n) is 1.94. The zero-order chi connectivity index (χ0) is 10.6. The Kier molecular flexibility index (Phi) is 3.83. The first-order valence-corrected chi connectivity index (χ1v) is 4.90. The molecule has 0 fully saturated rings. The normalized spacial score (nSPS) is 10.9. The average Bonchev–Trinajstić information content (AvgIpc) is 2.01. The molecule has 4 nitrogen and oxygen atoms in total. The van der Waals surface area contributed by atoms with Crippen molar-refractivity contribution < 1.29 is 0 Å².